The average molecular weight is 1030 g/mol. The fourth-order valence-electron chi connectivity index (χ4n) is 9.87. The van der Waals surface area contributed by atoms with Crippen molar-refractivity contribution in [2.75, 3.05) is 9.80 Å². The van der Waals surface area contributed by atoms with E-state index in [9.17, 15) is 65.9 Å². The van der Waals surface area contributed by atoms with Crippen molar-refractivity contribution in [1.29, 1.82) is 0 Å². The topological polar surface area (TPSA) is 6.48 Å². The Morgan fingerprint density at radius 1 is 0.284 bits per heavy atom. The van der Waals surface area contributed by atoms with E-state index in [4.69, 9.17) is 0 Å². The Morgan fingerprint density at radius 3 is 0.824 bits per heavy atom. The van der Waals surface area contributed by atoms with Gasteiger partial charge < -0.3 is 9.80 Å². The lowest BCUT2D eigenvalue weighted by atomic mass is 9.67. The highest BCUT2D eigenvalue weighted by molar-refractivity contribution is 5.88. The summed E-state index contributed by atoms with van der Waals surface area (Å²) in [7, 11) is 0. The lowest BCUT2D eigenvalue weighted by Crippen LogP contribution is -2.28. The number of hydrogen-bond acceptors (Lipinski definition) is 2. The first-order valence-electron chi connectivity index (χ1n) is 22.4. The second-order valence-corrected chi connectivity index (χ2v) is 18.0. The zero-order chi connectivity index (χ0) is 53.5. The highest BCUT2D eigenvalue weighted by Crippen LogP contribution is 2.57. The Hall–Kier alpha value is -7.69. The standard InChI is InChI=1S/C57H37F15N2/c1-32-20-37(53(58,59)60)27-44(23-32)73(45-24-33(2)21-38(28-45)54(61,62)63)42-16-12-35(13-17-42)52(50-10-6-4-8-48(50)49-9-5-7-11-51(49)52)36-14-18-43(19-15-36)74(46-25-34(3)22-39(29-46)55(64,65)66)47-30-40(56(67,68)69)26-41(31-47)57(70,71)72/h4-31H,1-3H3. The molecule has 2 nitrogen and oxygen atoms in total. The molecular weight excluding hydrogens is 998 g/mol. The number of fused-ring (bicyclic) bond motifs is 3. The van der Waals surface area contributed by atoms with E-state index >= 15 is 0 Å². The van der Waals surface area contributed by atoms with Crippen LogP contribution >= 0.6 is 0 Å². The van der Waals surface area contributed by atoms with Gasteiger partial charge >= 0.3 is 30.9 Å². The predicted octanol–water partition coefficient (Wildman–Crippen LogP) is 19.0. The van der Waals surface area contributed by atoms with Gasteiger partial charge in [-0.15, -0.1) is 0 Å². The van der Waals surface area contributed by atoms with Gasteiger partial charge in [0.2, 0.25) is 0 Å². The van der Waals surface area contributed by atoms with Crippen molar-refractivity contribution in [3.8, 4) is 11.1 Å². The molecule has 0 aliphatic heterocycles. The van der Waals surface area contributed by atoms with Crippen LogP contribution in [0.3, 0.4) is 0 Å². The molecule has 8 aromatic rings. The van der Waals surface area contributed by atoms with Crippen molar-refractivity contribution in [3.05, 3.63) is 237 Å². The largest absolute Gasteiger partial charge is 0.416 e. The molecule has 0 saturated heterocycles. The van der Waals surface area contributed by atoms with Gasteiger partial charge in [0.15, 0.2) is 0 Å². The smallest absolute Gasteiger partial charge is 0.310 e. The average Bonchev–Trinajstić information content (AvgIpc) is 3.61. The minimum atomic E-state index is -5.31. The lowest BCUT2D eigenvalue weighted by molar-refractivity contribution is -0.143. The van der Waals surface area contributed by atoms with E-state index in [0.717, 1.165) is 46.4 Å². The van der Waals surface area contributed by atoms with Gasteiger partial charge in [0.05, 0.1) is 33.2 Å². The number of hydrogen-bond donors (Lipinski definition) is 0. The molecule has 8 aromatic carbocycles. The minimum absolute atomic E-state index is 0.00835. The van der Waals surface area contributed by atoms with Crippen LogP contribution in [0, 0.1) is 20.8 Å². The highest BCUT2D eigenvalue weighted by Gasteiger charge is 2.46. The third-order valence-electron chi connectivity index (χ3n) is 12.8. The molecule has 74 heavy (non-hydrogen) atoms. The van der Waals surface area contributed by atoms with Crippen molar-refractivity contribution in [2.45, 2.75) is 57.1 Å². The molecule has 9 rings (SSSR count). The fraction of sp³-hybridized carbons (Fsp3) is 0.158. The molecule has 1 aliphatic carbocycles. The van der Waals surface area contributed by atoms with Crippen LogP contribution in [-0.4, -0.2) is 0 Å². The normalized spacial score (nSPS) is 13.6. The maximum Gasteiger partial charge on any atom is 0.416 e. The maximum absolute atomic E-state index is 14.3. The first-order valence-corrected chi connectivity index (χ1v) is 22.4. The number of rotatable bonds is 8. The van der Waals surface area contributed by atoms with Gasteiger partial charge in [-0.25, -0.2) is 0 Å². The summed E-state index contributed by atoms with van der Waals surface area (Å²) in [4.78, 5) is 2.14. The van der Waals surface area contributed by atoms with E-state index in [2.05, 4.69) is 0 Å². The van der Waals surface area contributed by atoms with Crippen LogP contribution < -0.4 is 9.80 Å². The summed E-state index contributed by atoms with van der Waals surface area (Å²) in [6.45, 7) is 4.12. The van der Waals surface area contributed by atoms with E-state index < -0.39 is 75.5 Å². The van der Waals surface area contributed by atoms with Crippen LogP contribution in [0.1, 0.15) is 66.8 Å². The molecule has 0 N–H and O–H groups in total. The zero-order valence-corrected chi connectivity index (χ0v) is 38.7. The summed E-state index contributed by atoms with van der Waals surface area (Å²) < 4.78 is 215. The van der Waals surface area contributed by atoms with Gasteiger partial charge in [0, 0.05) is 34.1 Å². The van der Waals surface area contributed by atoms with E-state index in [-0.39, 0.29) is 45.5 Å². The molecule has 1 aliphatic rings. The molecule has 0 atom stereocenters. The fourth-order valence-corrected chi connectivity index (χ4v) is 9.87. The second-order valence-electron chi connectivity index (χ2n) is 18.0. The van der Waals surface area contributed by atoms with Crippen LogP contribution in [-0.2, 0) is 36.3 Å². The van der Waals surface area contributed by atoms with Crippen molar-refractivity contribution < 1.29 is 65.9 Å². The monoisotopic (exact) mass is 1030 g/mol. The van der Waals surface area contributed by atoms with Crippen molar-refractivity contribution >= 4 is 34.1 Å². The van der Waals surface area contributed by atoms with Crippen LogP contribution in [0.5, 0.6) is 0 Å². The van der Waals surface area contributed by atoms with E-state index in [0.29, 0.717) is 40.5 Å². The first-order chi connectivity index (χ1) is 34.5. The van der Waals surface area contributed by atoms with Crippen molar-refractivity contribution in [3.63, 3.8) is 0 Å². The quantitative estimate of drug-likeness (QED) is 0.140. The summed E-state index contributed by atoms with van der Waals surface area (Å²) in [6, 6.07) is 36.2. The SMILES string of the molecule is Cc1cc(N(c2ccc(C3(c4ccc(N(c5cc(C)cc(C(F)(F)F)c5)c5cc(C(F)(F)F)cc(C(F)(F)F)c5)cc4)c4ccccc4-c4ccccc43)cc2)c2cc(C)cc(C(F)(F)F)c2)cc(C(F)(F)F)c1. The van der Waals surface area contributed by atoms with Crippen LogP contribution in [0.25, 0.3) is 11.1 Å². The molecule has 0 unspecified atom stereocenters. The highest BCUT2D eigenvalue weighted by atomic mass is 19.4. The summed E-state index contributed by atoms with van der Waals surface area (Å²) in [6.07, 6.45) is -25.2. The molecular formula is C57H37F15N2. The third kappa shape index (κ3) is 9.55. The summed E-state index contributed by atoms with van der Waals surface area (Å²) in [5.41, 5.74) is -5.26. The Balaban J connectivity index is 1.27. The van der Waals surface area contributed by atoms with Gasteiger partial charge in [-0.05, 0) is 168 Å². The summed E-state index contributed by atoms with van der Waals surface area (Å²) in [5.74, 6) is 0. The minimum Gasteiger partial charge on any atom is -0.310 e. The summed E-state index contributed by atoms with van der Waals surface area (Å²) in [5, 5.41) is 0. The van der Waals surface area contributed by atoms with Gasteiger partial charge in [0.1, 0.15) is 0 Å². The third-order valence-corrected chi connectivity index (χ3v) is 12.8. The predicted molar refractivity (Wildman–Crippen MR) is 252 cm³/mol. The van der Waals surface area contributed by atoms with Crippen LogP contribution in [0.4, 0.5) is 100.0 Å². The molecule has 17 heteroatoms. The van der Waals surface area contributed by atoms with Gasteiger partial charge in [-0.1, -0.05) is 72.8 Å². The molecule has 0 heterocycles. The number of anilines is 6. The van der Waals surface area contributed by atoms with Gasteiger partial charge in [-0.3, -0.25) is 0 Å². The number of nitrogens with zero attached hydrogens (tertiary/aromatic N) is 2. The van der Waals surface area contributed by atoms with Crippen molar-refractivity contribution in [1.82, 2.24) is 0 Å². The van der Waals surface area contributed by atoms with Crippen LogP contribution in [0.15, 0.2) is 170 Å². The number of aryl methyl sites for hydroxylation is 3. The Kier molecular flexibility index (Phi) is 12.5. The molecule has 0 aromatic heterocycles. The maximum atomic E-state index is 14.3. The molecule has 0 amide bonds. The van der Waals surface area contributed by atoms with Crippen LogP contribution in [0.2, 0.25) is 0 Å². The van der Waals surface area contributed by atoms with Crippen molar-refractivity contribution in [2.24, 2.45) is 0 Å². The number of halogens is 15. The Labute approximate surface area is 413 Å². The Morgan fingerprint density at radius 2 is 0.541 bits per heavy atom. The van der Waals surface area contributed by atoms with E-state index in [1.807, 2.05) is 24.3 Å². The number of alkyl halides is 15. The second kappa shape index (κ2) is 18.1. The van der Waals surface area contributed by atoms with Gasteiger partial charge in [0.25, 0.3) is 0 Å². The van der Waals surface area contributed by atoms with Gasteiger partial charge in [-0.2, -0.15) is 65.9 Å². The van der Waals surface area contributed by atoms with E-state index in [1.54, 1.807) is 36.4 Å². The molecule has 0 saturated carbocycles. The number of benzene rings is 8. The summed E-state index contributed by atoms with van der Waals surface area (Å²) >= 11 is 0. The van der Waals surface area contributed by atoms with E-state index in [1.165, 1.54) is 80.3 Å². The molecule has 380 valence electrons. The first kappa shape index (κ1) is 51.2. The molecule has 0 radical (unpaired) electrons. The molecule has 0 bridgehead atoms. The molecule has 0 spiro atoms. The Bertz CT molecular complexity index is 3280. The zero-order valence-electron chi connectivity index (χ0n) is 38.7. The molecule has 0 fully saturated rings. The lowest BCUT2D eigenvalue weighted by Gasteiger charge is -2.35.